The van der Waals surface area contributed by atoms with Crippen LogP contribution in [0.2, 0.25) is 10.0 Å². The van der Waals surface area contributed by atoms with Crippen molar-refractivity contribution in [1.29, 1.82) is 0 Å². The second-order valence-corrected chi connectivity index (χ2v) is 10.3. The molecule has 5 aromatic rings. The van der Waals surface area contributed by atoms with Crippen molar-refractivity contribution in [1.82, 2.24) is 10.4 Å². The summed E-state index contributed by atoms with van der Waals surface area (Å²) in [5.41, 5.74) is 7.06. The molecule has 0 saturated heterocycles. The number of fused-ring (bicyclic) bond motifs is 1. The summed E-state index contributed by atoms with van der Waals surface area (Å²) in [5.74, 6) is -0.438. The molecule has 2 N–H and O–H groups in total. The van der Waals surface area contributed by atoms with Gasteiger partial charge in [-0.05, 0) is 72.3 Å². The number of nitrogens with one attached hydrogen (secondary N) is 2. The van der Waals surface area contributed by atoms with E-state index in [1.165, 1.54) is 13.3 Å². The van der Waals surface area contributed by atoms with E-state index < -0.39 is 11.9 Å². The van der Waals surface area contributed by atoms with E-state index in [2.05, 4.69) is 15.5 Å². The summed E-state index contributed by atoms with van der Waals surface area (Å²) in [6.45, 7) is 0. The average Bonchev–Trinajstić information content (AvgIpc) is 3.37. The summed E-state index contributed by atoms with van der Waals surface area (Å²) in [4.78, 5) is 31.1. The third kappa shape index (κ3) is 6.10. The number of amides is 1. The number of H-pyrrole nitrogens is 1. The first-order valence-corrected chi connectivity index (χ1v) is 13.6. The van der Waals surface area contributed by atoms with Gasteiger partial charge in [0.1, 0.15) is 5.69 Å². The molecule has 0 spiro atoms. The molecule has 1 amide bonds. The fourth-order valence-electron chi connectivity index (χ4n) is 4.39. The van der Waals surface area contributed by atoms with Crippen molar-refractivity contribution in [2.75, 3.05) is 26.1 Å². The van der Waals surface area contributed by atoms with Gasteiger partial charge in [0, 0.05) is 51.9 Å². The summed E-state index contributed by atoms with van der Waals surface area (Å²) < 4.78 is 10.9. The Morgan fingerprint density at radius 3 is 2.40 bits per heavy atom. The molecule has 0 bridgehead atoms. The molecule has 0 unspecified atom stereocenters. The maximum atomic E-state index is 13.4. The zero-order valence-electron chi connectivity index (χ0n) is 22.9. The molecule has 0 saturated carbocycles. The number of hydrogen-bond donors (Lipinski definition) is 2. The number of ether oxygens (including phenoxy) is 2. The van der Waals surface area contributed by atoms with E-state index in [-0.39, 0.29) is 5.75 Å². The van der Waals surface area contributed by atoms with Gasteiger partial charge in [0.25, 0.3) is 5.91 Å². The lowest BCUT2D eigenvalue weighted by Crippen LogP contribution is -2.19. The lowest BCUT2D eigenvalue weighted by molar-refractivity contribution is 0.0729. The second kappa shape index (κ2) is 12.4. The van der Waals surface area contributed by atoms with Gasteiger partial charge in [-0.15, -0.1) is 0 Å². The number of benzene rings is 4. The molecule has 5 rings (SSSR count). The standard InChI is InChI=1S/C32H26Cl2N4O4/c1-38(2)22-13-14-26-24(17-22)29(23-6-4-5-7-25(23)34)30(36-26)31(39)37-35-18-19-8-15-27(28(16-19)41-3)42-32(40)20-9-11-21(33)12-10-20/h4-18,36H,1-3H3,(H,37,39). The molecule has 42 heavy (non-hydrogen) atoms. The number of aromatic amines is 1. The van der Waals surface area contributed by atoms with Crippen molar-refractivity contribution in [3.05, 3.63) is 112 Å². The van der Waals surface area contributed by atoms with Crippen LogP contribution in [-0.2, 0) is 0 Å². The second-order valence-electron chi connectivity index (χ2n) is 9.48. The highest BCUT2D eigenvalue weighted by molar-refractivity contribution is 6.34. The van der Waals surface area contributed by atoms with Gasteiger partial charge in [0.05, 0.1) is 18.9 Å². The minimum Gasteiger partial charge on any atom is -0.493 e. The van der Waals surface area contributed by atoms with E-state index in [4.69, 9.17) is 32.7 Å². The van der Waals surface area contributed by atoms with Gasteiger partial charge in [-0.25, -0.2) is 10.2 Å². The minimum absolute atomic E-state index is 0.234. The smallest absolute Gasteiger partial charge is 0.343 e. The summed E-state index contributed by atoms with van der Waals surface area (Å²) in [6, 6.07) is 24.6. The maximum Gasteiger partial charge on any atom is 0.343 e. The van der Waals surface area contributed by atoms with Crippen LogP contribution >= 0.6 is 23.2 Å². The molecule has 4 aromatic carbocycles. The zero-order valence-corrected chi connectivity index (χ0v) is 24.5. The Labute approximate surface area is 252 Å². The van der Waals surface area contributed by atoms with Gasteiger partial charge in [-0.1, -0.05) is 41.4 Å². The van der Waals surface area contributed by atoms with Gasteiger partial charge in [0.2, 0.25) is 0 Å². The number of hydrazone groups is 1. The van der Waals surface area contributed by atoms with E-state index in [0.717, 1.165) is 22.2 Å². The molecule has 0 atom stereocenters. The number of anilines is 1. The molecule has 1 heterocycles. The fraction of sp³-hybridized carbons (Fsp3) is 0.0938. The maximum absolute atomic E-state index is 13.4. The van der Waals surface area contributed by atoms with Crippen LogP contribution in [0.4, 0.5) is 5.69 Å². The van der Waals surface area contributed by atoms with Crippen molar-refractivity contribution < 1.29 is 19.1 Å². The summed E-state index contributed by atoms with van der Waals surface area (Å²) in [5, 5.41) is 6.05. The van der Waals surface area contributed by atoms with Crippen LogP contribution in [-0.4, -0.2) is 44.3 Å². The van der Waals surface area contributed by atoms with Crippen LogP contribution in [0, 0.1) is 0 Å². The Morgan fingerprint density at radius 1 is 0.929 bits per heavy atom. The average molecular weight is 601 g/mol. The number of rotatable bonds is 8. The molecule has 8 nitrogen and oxygen atoms in total. The van der Waals surface area contributed by atoms with E-state index in [1.54, 1.807) is 48.5 Å². The van der Waals surface area contributed by atoms with Crippen LogP contribution in [0.1, 0.15) is 26.4 Å². The quantitative estimate of drug-likeness (QED) is 0.0849. The molecule has 1 aromatic heterocycles. The van der Waals surface area contributed by atoms with Crippen LogP contribution in [0.5, 0.6) is 11.5 Å². The predicted molar refractivity (Wildman–Crippen MR) is 168 cm³/mol. The highest BCUT2D eigenvalue weighted by atomic mass is 35.5. The van der Waals surface area contributed by atoms with Gasteiger partial charge >= 0.3 is 5.97 Å². The predicted octanol–water partition coefficient (Wildman–Crippen LogP) is 7.20. The van der Waals surface area contributed by atoms with Crippen molar-refractivity contribution in [3.63, 3.8) is 0 Å². The number of nitrogens with zero attached hydrogens (tertiary/aromatic N) is 2. The molecule has 0 fully saturated rings. The zero-order chi connectivity index (χ0) is 29.8. The molecule has 0 aliphatic carbocycles. The largest absolute Gasteiger partial charge is 0.493 e. The number of halogens is 2. The third-order valence-corrected chi connectivity index (χ3v) is 7.10. The number of esters is 1. The fourth-order valence-corrected chi connectivity index (χ4v) is 4.74. The topological polar surface area (TPSA) is 96.0 Å². The number of aromatic nitrogens is 1. The van der Waals surface area contributed by atoms with Gasteiger partial charge in [-0.2, -0.15) is 5.10 Å². The van der Waals surface area contributed by atoms with Gasteiger partial charge in [0.15, 0.2) is 11.5 Å². The first-order chi connectivity index (χ1) is 20.2. The lowest BCUT2D eigenvalue weighted by Gasteiger charge is -2.13. The van der Waals surface area contributed by atoms with Crippen LogP contribution in [0.25, 0.3) is 22.0 Å². The van der Waals surface area contributed by atoms with Gasteiger partial charge in [-0.3, -0.25) is 4.79 Å². The normalized spacial score (nSPS) is 11.1. The number of methoxy groups -OCH3 is 1. The first-order valence-electron chi connectivity index (χ1n) is 12.8. The SMILES string of the molecule is COc1cc(C=NNC(=O)c2[nH]c3ccc(N(C)C)cc3c2-c2ccccc2Cl)ccc1OC(=O)c1ccc(Cl)cc1. The molecule has 0 radical (unpaired) electrons. The highest BCUT2D eigenvalue weighted by Crippen LogP contribution is 2.38. The van der Waals surface area contributed by atoms with Crippen molar-refractivity contribution in [2.45, 2.75) is 0 Å². The Balaban J connectivity index is 1.38. The van der Waals surface area contributed by atoms with E-state index in [1.807, 2.05) is 55.4 Å². The molecule has 0 aliphatic rings. The monoisotopic (exact) mass is 600 g/mol. The summed E-state index contributed by atoms with van der Waals surface area (Å²) in [6.07, 6.45) is 1.47. The van der Waals surface area contributed by atoms with Crippen molar-refractivity contribution in [2.24, 2.45) is 5.10 Å². The Morgan fingerprint density at radius 2 is 1.69 bits per heavy atom. The highest BCUT2D eigenvalue weighted by Gasteiger charge is 2.21. The summed E-state index contributed by atoms with van der Waals surface area (Å²) in [7, 11) is 5.37. The summed E-state index contributed by atoms with van der Waals surface area (Å²) >= 11 is 12.5. The third-order valence-electron chi connectivity index (χ3n) is 6.52. The lowest BCUT2D eigenvalue weighted by atomic mass is 10.0. The van der Waals surface area contributed by atoms with Crippen LogP contribution in [0.15, 0.2) is 90.0 Å². The van der Waals surface area contributed by atoms with E-state index in [0.29, 0.717) is 38.2 Å². The minimum atomic E-state index is -0.552. The Kier molecular flexibility index (Phi) is 8.47. The number of hydrogen-bond acceptors (Lipinski definition) is 6. The molecular formula is C32H26Cl2N4O4. The molecule has 0 aliphatic heterocycles. The van der Waals surface area contributed by atoms with Crippen molar-refractivity contribution in [3.8, 4) is 22.6 Å². The van der Waals surface area contributed by atoms with Crippen molar-refractivity contribution >= 4 is 57.9 Å². The molecular weight excluding hydrogens is 575 g/mol. The Hall–Kier alpha value is -4.79. The van der Waals surface area contributed by atoms with E-state index >= 15 is 0 Å². The Bertz CT molecular complexity index is 1810. The van der Waals surface area contributed by atoms with Crippen LogP contribution in [0.3, 0.4) is 0 Å². The van der Waals surface area contributed by atoms with E-state index in [9.17, 15) is 9.59 Å². The first kappa shape index (κ1) is 28.7. The van der Waals surface area contributed by atoms with Gasteiger partial charge < -0.3 is 19.4 Å². The number of carbonyl (C=O) groups is 2. The number of carbonyl (C=O) groups excluding carboxylic acids is 2. The van der Waals surface area contributed by atoms with Crippen LogP contribution < -0.4 is 19.8 Å². The molecule has 212 valence electrons. The molecule has 10 heteroatoms.